The molecule has 0 atom stereocenters. The molecule has 10 heteroatoms. The van der Waals surface area contributed by atoms with Crippen LogP contribution < -0.4 is 4.72 Å². The average Bonchev–Trinajstić information content (AvgIpc) is 3.12. The first-order chi connectivity index (χ1) is 13.1. The zero-order valence-corrected chi connectivity index (χ0v) is 16.9. The molecule has 0 spiro atoms. The molecule has 0 aliphatic rings. The lowest BCUT2D eigenvalue weighted by Gasteiger charge is -2.12. The van der Waals surface area contributed by atoms with Crippen molar-refractivity contribution in [1.82, 2.24) is 9.78 Å². The Morgan fingerprint density at radius 2 is 1.79 bits per heavy atom. The number of aryl methyl sites for hydroxylation is 1. The van der Waals surface area contributed by atoms with Gasteiger partial charge in [-0.1, -0.05) is 22.9 Å². The zero-order valence-electron chi connectivity index (χ0n) is 14.5. The third-order valence-corrected chi connectivity index (χ3v) is 5.93. The first-order valence-electron chi connectivity index (χ1n) is 8.14. The summed E-state index contributed by atoms with van der Waals surface area (Å²) in [5, 5.41) is 3.48. The van der Waals surface area contributed by atoms with Gasteiger partial charge in [0.25, 0.3) is 10.0 Å². The second kappa shape index (κ2) is 7.59. The van der Waals surface area contributed by atoms with Crippen molar-refractivity contribution in [3.8, 4) is 5.69 Å². The number of rotatable bonds is 5. The van der Waals surface area contributed by atoms with Gasteiger partial charge in [-0.25, -0.2) is 13.1 Å². The molecule has 148 valence electrons. The van der Waals surface area contributed by atoms with Crippen LogP contribution in [0.1, 0.15) is 18.2 Å². The van der Waals surface area contributed by atoms with Crippen molar-refractivity contribution in [2.75, 3.05) is 4.72 Å². The molecule has 1 N–H and O–H groups in total. The molecule has 0 aliphatic heterocycles. The summed E-state index contributed by atoms with van der Waals surface area (Å²) in [6.45, 7) is 1.86. The van der Waals surface area contributed by atoms with Gasteiger partial charge >= 0.3 is 6.18 Å². The molecule has 0 radical (unpaired) electrons. The minimum Gasteiger partial charge on any atom is -0.280 e. The van der Waals surface area contributed by atoms with Gasteiger partial charge in [-0.15, -0.1) is 0 Å². The Hall–Kier alpha value is -2.33. The molecule has 5 nitrogen and oxygen atoms in total. The molecule has 0 amide bonds. The number of benzene rings is 2. The molecule has 1 aromatic heterocycles. The fourth-order valence-corrected chi connectivity index (χ4v) is 4.36. The standard InChI is InChI=1S/C18H15BrF3N3O2S/c1-2-12-11-13(19)3-8-16(12)28(26,27)24-14-4-6-15(7-5-14)25-10-9-17(23-25)18(20,21)22/h3-11,24H,2H2,1H3. The van der Waals surface area contributed by atoms with Gasteiger partial charge in [0.1, 0.15) is 0 Å². The lowest BCUT2D eigenvalue weighted by molar-refractivity contribution is -0.141. The van der Waals surface area contributed by atoms with Gasteiger partial charge < -0.3 is 0 Å². The molecule has 0 unspecified atom stereocenters. The topological polar surface area (TPSA) is 64.0 Å². The summed E-state index contributed by atoms with van der Waals surface area (Å²) in [7, 11) is -3.81. The van der Waals surface area contributed by atoms with Crippen molar-refractivity contribution in [2.45, 2.75) is 24.4 Å². The zero-order chi connectivity index (χ0) is 20.5. The molecule has 1 heterocycles. The highest BCUT2D eigenvalue weighted by Gasteiger charge is 2.33. The third-order valence-electron chi connectivity index (χ3n) is 3.96. The van der Waals surface area contributed by atoms with E-state index in [1.165, 1.54) is 36.5 Å². The van der Waals surface area contributed by atoms with E-state index < -0.39 is 21.9 Å². The van der Waals surface area contributed by atoms with Crippen LogP contribution >= 0.6 is 15.9 Å². The van der Waals surface area contributed by atoms with Crippen molar-refractivity contribution in [3.63, 3.8) is 0 Å². The van der Waals surface area contributed by atoms with E-state index in [1.807, 2.05) is 6.92 Å². The third kappa shape index (κ3) is 4.39. The molecular formula is C18H15BrF3N3O2S. The Morgan fingerprint density at radius 1 is 1.11 bits per heavy atom. The number of aromatic nitrogens is 2. The van der Waals surface area contributed by atoms with Gasteiger partial charge in [0.15, 0.2) is 5.69 Å². The van der Waals surface area contributed by atoms with Crippen LogP contribution in [0.3, 0.4) is 0 Å². The molecule has 0 bridgehead atoms. The Balaban J connectivity index is 1.83. The van der Waals surface area contributed by atoms with Gasteiger partial charge in [-0.2, -0.15) is 18.3 Å². The second-order valence-corrected chi connectivity index (χ2v) is 8.47. The van der Waals surface area contributed by atoms with Crippen LogP contribution in [0, 0.1) is 0 Å². The molecule has 0 fully saturated rings. The van der Waals surface area contributed by atoms with Crippen LogP contribution in [0.2, 0.25) is 0 Å². The lowest BCUT2D eigenvalue weighted by atomic mass is 10.2. The number of halogens is 4. The summed E-state index contributed by atoms with van der Waals surface area (Å²) >= 11 is 3.32. The average molecular weight is 474 g/mol. The van der Waals surface area contributed by atoms with E-state index in [0.717, 1.165) is 15.2 Å². The molecular weight excluding hydrogens is 459 g/mol. The number of alkyl halides is 3. The van der Waals surface area contributed by atoms with Crippen molar-refractivity contribution in [2.24, 2.45) is 0 Å². The van der Waals surface area contributed by atoms with Crippen LogP contribution in [0.4, 0.5) is 18.9 Å². The first kappa shape index (κ1) is 20.4. The van der Waals surface area contributed by atoms with Crippen LogP contribution in [-0.2, 0) is 22.6 Å². The van der Waals surface area contributed by atoms with Crippen LogP contribution in [0.15, 0.2) is 64.1 Å². The number of anilines is 1. The summed E-state index contributed by atoms with van der Waals surface area (Å²) in [6, 6.07) is 11.7. The smallest absolute Gasteiger partial charge is 0.280 e. The van der Waals surface area contributed by atoms with E-state index in [-0.39, 0.29) is 10.6 Å². The Labute approximate surface area is 168 Å². The Bertz CT molecular complexity index is 1090. The number of hydrogen-bond donors (Lipinski definition) is 1. The minimum absolute atomic E-state index is 0.171. The maximum atomic E-state index is 12.7. The van der Waals surface area contributed by atoms with Crippen molar-refractivity contribution < 1.29 is 21.6 Å². The molecule has 0 saturated carbocycles. The van der Waals surface area contributed by atoms with Crippen molar-refractivity contribution in [1.29, 1.82) is 0 Å². The highest BCUT2D eigenvalue weighted by Crippen LogP contribution is 2.28. The lowest BCUT2D eigenvalue weighted by Crippen LogP contribution is -2.15. The highest BCUT2D eigenvalue weighted by atomic mass is 79.9. The number of hydrogen-bond acceptors (Lipinski definition) is 3. The number of sulfonamides is 1. The maximum absolute atomic E-state index is 12.7. The minimum atomic E-state index is -4.53. The van der Waals surface area contributed by atoms with Crippen molar-refractivity contribution in [3.05, 3.63) is 70.5 Å². The molecule has 3 rings (SSSR count). The largest absolute Gasteiger partial charge is 0.435 e. The first-order valence-corrected chi connectivity index (χ1v) is 10.4. The molecule has 2 aromatic carbocycles. The molecule has 28 heavy (non-hydrogen) atoms. The summed E-state index contributed by atoms with van der Waals surface area (Å²) in [5.74, 6) is 0. The van der Waals surface area contributed by atoms with E-state index in [2.05, 4.69) is 25.8 Å². The van der Waals surface area contributed by atoms with Crippen LogP contribution in [0.25, 0.3) is 5.69 Å². The van der Waals surface area contributed by atoms with Gasteiger partial charge in [0.2, 0.25) is 0 Å². The van der Waals surface area contributed by atoms with E-state index >= 15 is 0 Å². The number of nitrogens with one attached hydrogen (secondary N) is 1. The Morgan fingerprint density at radius 3 is 2.36 bits per heavy atom. The fraction of sp³-hybridized carbons (Fsp3) is 0.167. The normalized spacial score (nSPS) is 12.2. The van der Waals surface area contributed by atoms with E-state index in [9.17, 15) is 21.6 Å². The van der Waals surface area contributed by atoms with Crippen LogP contribution in [0.5, 0.6) is 0 Å². The quantitative estimate of drug-likeness (QED) is 0.565. The molecule has 3 aromatic rings. The summed E-state index contributed by atoms with van der Waals surface area (Å²) in [4.78, 5) is 0.171. The highest BCUT2D eigenvalue weighted by molar-refractivity contribution is 9.10. The summed E-state index contributed by atoms with van der Waals surface area (Å²) in [6.07, 6.45) is -2.80. The van der Waals surface area contributed by atoms with E-state index in [0.29, 0.717) is 17.7 Å². The summed E-state index contributed by atoms with van der Waals surface area (Å²) < 4.78 is 67.7. The SMILES string of the molecule is CCc1cc(Br)ccc1S(=O)(=O)Nc1ccc(-n2ccc(C(F)(F)F)n2)cc1. The van der Waals surface area contributed by atoms with E-state index in [4.69, 9.17) is 0 Å². The maximum Gasteiger partial charge on any atom is 0.435 e. The fourth-order valence-electron chi connectivity index (χ4n) is 2.60. The second-order valence-electron chi connectivity index (χ2n) is 5.90. The van der Waals surface area contributed by atoms with Gasteiger partial charge in [-0.05, 0) is 60.5 Å². The predicted octanol–water partition coefficient (Wildman–Crippen LogP) is 5.02. The number of nitrogens with zero attached hydrogens (tertiary/aromatic N) is 2. The van der Waals surface area contributed by atoms with Crippen molar-refractivity contribution >= 4 is 31.6 Å². The Kier molecular flexibility index (Phi) is 5.53. The van der Waals surface area contributed by atoms with E-state index in [1.54, 1.807) is 12.1 Å². The predicted molar refractivity (Wildman–Crippen MR) is 103 cm³/mol. The van der Waals surface area contributed by atoms with Gasteiger partial charge in [0, 0.05) is 16.4 Å². The van der Waals surface area contributed by atoms with Gasteiger partial charge in [-0.3, -0.25) is 4.72 Å². The summed E-state index contributed by atoms with van der Waals surface area (Å²) in [5.41, 5.74) is 0.322. The molecule has 0 saturated heterocycles. The molecule has 0 aliphatic carbocycles. The van der Waals surface area contributed by atoms with Gasteiger partial charge in [0.05, 0.1) is 10.6 Å². The monoisotopic (exact) mass is 473 g/mol. The van der Waals surface area contributed by atoms with Crippen LogP contribution in [-0.4, -0.2) is 18.2 Å².